The molecule has 2 aromatic rings. The topological polar surface area (TPSA) is 84.9 Å². The molecule has 0 saturated heterocycles. The summed E-state index contributed by atoms with van der Waals surface area (Å²) in [6, 6.07) is 13.1. The molecular weight excluding hydrogens is 360 g/mol. The number of benzene rings is 2. The molecule has 0 aromatic heterocycles. The van der Waals surface area contributed by atoms with Crippen LogP contribution in [0.25, 0.3) is 0 Å². The lowest BCUT2D eigenvalue weighted by Gasteiger charge is -2.33. The molecule has 1 aliphatic heterocycles. The largest absolute Gasteiger partial charge is 0.485 e. The van der Waals surface area contributed by atoms with E-state index in [1.54, 1.807) is 37.3 Å². The van der Waals surface area contributed by atoms with Crippen LogP contribution < -0.4 is 19.7 Å². The molecule has 7 heteroatoms. The Morgan fingerprint density at radius 3 is 2.68 bits per heavy atom. The third-order valence-corrected chi connectivity index (χ3v) is 4.39. The number of carbonyl (C=O) groups is 3. The van der Waals surface area contributed by atoms with Gasteiger partial charge in [0.15, 0.2) is 19.0 Å². The van der Waals surface area contributed by atoms with Crippen molar-refractivity contribution in [3.8, 4) is 11.5 Å². The fourth-order valence-corrected chi connectivity index (χ4v) is 2.96. The molecule has 3 rings (SSSR count). The molecule has 7 nitrogen and oxygen atoms in total. The van der Waals surface area contributed by atoms with Crippen molar-refractivity contribution in [1.29, 1.82) is 0 Å². The lowest BCUT2D eigenvalue weighted by Crippen LogP contribution is -2.51. The van der Waals surface area contributed by atoms with E-state index in [1.165, 1.54) is 4.90 Å². The zero-order valence-corrected chi connectivity index (χ0v) is 15.8. The Labute approximate surface area is 163 Å². The maximum atomic E-state index is 12.5. The number of Topliss-reactive ketones (excluding diaryl/α,β-unsaturated/α-hetero) is 1. The summed E-state index contributed by atoms with van der Waals surface area (Å²) in [4.78, 5) is 38.6. The molecule has 2 amide bonds. The average molecular weight is 382 g/mol. The van der Waals surface area contributed by atoms with Gasteiger partial charge in [-0.25, -0.2) is 0 Å². The fourth-order valence-electron chi connectivity index (χ4n) is 2.96. The van der Waals surface area contributed by atoms with Crippen molar-refractivity contribution in [1.82, 2.24) is 5.32 Å². The van der Waals surface area contributed by atoms with Crippen molar-refractivity contribution in [3.05, 3.63) is 54.1 Å². The van der Waals surface area contributed by atoms with Crippen LogP contribution >= 0.6 is 0 Å². The lowest BCUT2D eigenvalue weighted by molar-refractivity contribution is -0.127. The van der Waals surface area contributed by atoms with Crippen LogP contribution in [0.3, 0.4) is 0 Å². The predicted octanol–water partition coefficient (Wildman–Crippen LogP) is 2.20. The van der Waals surface area contributed by atoms with Gasteiger partial charge in [-0.05, 0) is 44.2 Å². The smallest absolute Gasteiger partial charge is 0.265 e. The quantitative estimate of drug-likeness (QED) is 0.742. The molecule has 0 spiro atoms. The van der Waals surface area contributed by atoms with Crippen molar-refractivity contribution in [2.24, 2.45) is 0 Å². The summed E-state index contributed by atoms with van der Waals surface area (Å²) in [6.45, 7) is 3.63. The molecule has 1 N–H and O–H groups in total. The van der Waals surface area contributed by atoms with Gasteiger partial charge in [-0.2, -0.15) is 0 Å². The molecule has 0 saturated carbocycles. The highest BCUT2D eigenvalue weighted by molar-refractivity contribution is 6.05. The third-order valence-electron chi connectivity index (χ3n) is 4.39. The first kappa shape index (κ1) is 19.4. The first-order chi connectivity index (χ1) is 13.5. The highest BCUT2D eigenvalue weighted by atomic mass is 16.5. The normalized spacial score (nSPS) is 13.9. The van der Waals surface area contributed by atoms with E-state index < -0.39 is 6.04 Å². The standard InChI is InChI=1S/C21H22N2O5/c1-3-22-21(26)14(2)23-17-11-15(9-10-19(17)28-13-20(23)25)18(24)12-27-16-7-5-4-6-8-16/h4-11,14H,3,12-13H2,1-2H3,(H,22,26). The molecule has 146 valence electrons. The van der Waals surface area contributed by atoms with E-state index in [9.17, 15) is 14.4 Å². The summed E-state index contributed by atoms with van der Waals surface area (Å²) in [6.07, 6.45) is 0. The minimum absolute atomic E-state index is 0.135. The number of hydrogen-bond donors (Lipinski definition) is 1. The highest BCUT2D eigenvalue weighted by Crippen LogP contribution is 2.34. The van der Waals surface area contributed by atoms with Gasteiger partial charge in [0.05, 0.1) is 5.69 Å². The van der Waals surface area contributed by atoms with Crippen LogP contribution in [0.4, 0.5) is 5.69 Å². The number of ether oxygens (including phenoxy) is 2. The highest BCUT2D eigenvalue weighted by Gasteiger charge is 2.33. The number of amides is 2. The number of carbonyl (C=O) groups excluding carboxylic acids is 3. The van der Waals surface area contributed by atoms with Gasteiger partial charge in [0.25, 0.3) is 5.91 Å². The summed E-state index contributed by atoms with van der Waals surface area (Å²) < 4.78 is 11.0. The number of rotatable bonds is 7. The van der Waals surface area contributed by atoms with E-state index in [4.69, 9.17) is 9.47 Å². The molecular formula is C21H22N2O5. The van der Waals surface area contributed by atoms with Crippen LogP contribution in [0.1, 0.15) is 24.2 Å². The van der Waals surface area contributed by atoms with Gasteiger partial charge < -0.3 is 14.8 Å². The first-order valence-electron chi connectivity index (χ1n) is 9.09. The predicted molar refractivity (Wildman–Crippen MR) is 104 cm³/mol. The SMILES string of the molecule is CCNC(=O)C(C)N1C(=O)COc2ccc(C(=O)COc3ccccc3)cc21. The van der Waals surface area contributed by atoms with E-state index >= 15 is 0 Å². The molecule has 0 radical (unpaired) electrons. The van der Waals surface area contributed by atoms with E-state index in [0.717, 1.165) is 0 Å². The molecule has 0 fully saturated rings. The summed E-state index contributed by atoms with van der Waals surface area (Å²) in [5, 5.41) is 2.71. The Hall–Kier alpha value is -3.35. The van der Waals surface area contributed by atoms with Gasteiger partial charge in [-0.1, -0.05) is 18.2 Å². The zero-order chi connectivity index (χ0) is 20.1. The first-order valence-corrected chi connectivity index (χ1v) is 9.09. The van der Waals surface area contributed by atoms with E-state index in [1.807, 2.05) is 25.1 Å². The van der Waals surface area contributed by atoms with Gasteiger partial charge in [-0.3, -0.25) is 19.3 Å². The summed E-state index contributed by atoms with van der Waals surface area (Å²) in [5.74, 6) is 0.203. The number of nitrogens with zero attached hydrogens (tertiary/aromatic N) is 1. The van der Waals surface area contributed by atoms with Crippen molar-refractivity contribution >= 4 is 23.3 Å². The van der Waals surface area contributed by atoms with Crippen molar-refractivity contribution in [2.45, 2.75) is 19.9 Å². The number of likely N-dealkylation sites (N-methyl/N-ethyl adjacent to an activating group) is 1. The van der Waals surface area contributed by atoms with Crippen molar-refractivity contribution in [2.75, 3.05) is 24.7 Å². The minimum atomic E-state index is -0.721. The fraction of sp³-hybridized carbons (Fsp3) is 0.286. The van der Waals surface area contributed by atoms with Crippen molar-refractivity contribution < 1.29 is 23.9 Å². The molecule has 1 heterocycles. The number of fused-ring (bicyclic) bond motifs is 1. The van der Waals surface area contributed by atoms with Gasteiger partial charge in [0.1, 0.15) is 17.5 Å². The van der Waals surface area contributed by atoms with Crippen molar-refractivity contribution in [3.63, 3.8) is 0 Å². The van der Waals surface area contributed by atoms with Gasteiger partial charge in [-0.15, -0.1) is 0 Å². The number of nitrogens with one attached hydrogen (secondary N) is 1. The van der Waals surface area contributed by atoms with Gasteiger partial charge in [0.2, 0.25) is 5.91 Å². The van der Waals surface area contributed by atoms with Crippen LogP contribution in [0.15, 0.2) is 48.5 Å². The van der Waals surface area contributed by atoms with Gasteiger partial charge >= 0.3 is 0 Å². The van der Waals surface area contributed by atoms with Crippen LogP contribution in [0, 0.1) is 0 Å². The number of para-hydroxylation sites is 1. The summed E-state index contributed by atoms with van der Waals surface area (Å²) in [7, 11) is 0. The summed E-state index contributed by atoms with van der Waals surface area (Å²) >= 11 is 0. The Kier molecular flexibility index (Phi) is 5.93. The molecule has 1 unspecified atom stereocenters. The van der Waals surface area contributed by atoms with Gasteiger partial charge in [0, 0.05) is 12.1 Å². The lowest BCUT2D eigenvalue weighted by atomic mass is 10.1. The Morgan fingerprint density at radius 1 is 1.21 bits per heavy atom. The number of anilines is 1. The molecule has 2 aromatic carbocycles. The molecule has 28 heavy (non-hydrogen) atoms. The molecule has 0 aliphatic carbocycles. The second-order valence-corrected chi connectivity index (χ2v) is 6.33. The van der Waals surface area contributed by atoms with Crippen LogP contribution in [-0.2, 0) is 9.59 Å². The second-order valence-electron chi connectivity index (χ2n) is 6.33. The monoisotopic (exact) mass is 382 g/mol. The van der Waals surface area contributed by atoms with Crippen LogP contribution in [-0.4, -0.2) is 43.4 Å². The minimum Gasteiger partial charge on any atom is -0.485 e. The van der Waals surface area contributed by atoms with E-state index in [0.29, 0.717) is 29.3 Å². The Bertz CT molecular complexity index is 882. The average Bonchev–Trinajstić information content (AvgIpc) is 2.72. The zero-order valence-electron chi connectivity index (χ0n) is 15.8. The second kappa shape index (κ2) is 8.56. The molecule has 1 aliphatic rings. The van der Waals surface area contributed by atoms with E-state index in [2.05, 4.69) is 5.32 Å². The number of ketones is 1. The van der Waals surface area contributed by atoms with Crippen LogP contribution in [0.5, 0.6) is 11.5 Å². The van der Waals surface area contributed by atoms with Crippen LogP contribution in [0.2, 0.25) is 0 Å². The third kappa shape index (κ3) is 4.14. The molecule has 0 bridgehead atoms. The summed E-state index contributed by atoms with van der Waals surface area (Å²) in [5.41, 5.74) is 0.779. The molecule has 1 atom stereocenters. The Balaban J connectivity index is 1.82. The maximum Gasteiger partial charge on any atom is 0.265 e. The maximum absolute atomic E-state index is 12.5. The number of hydrogen-bond acceptors (Lipinski definition) is 5. The van der Waals surface area contributed by atoms with E-state index in [-0.39, 0.29) is 30.8 Å². The Morgan fingerprint density at radius 2 is 1.96 bits per heavy atom.